The SMILES string of the molecule is CC(Cc1ccccc1F)NCc1ncon1. The molecule has 0 aliphatic heterocycles. The summed E-state index contributed by atoms with van der Waals surface area (Å²) in [7, 11) is 0. The van der Waals surface area contributed by atoms with E-state index in [9.17, 15) is 4.39 Å². The molecular formula is C12H14FN3O. The molecule has 0 saturated heterocycles. The third-order valence-electron chi connectivity index (χ3n) is 2.50. The summed E-state index contributed by atoms with van der Waals surface area (Å²) in [6, 6.07) is 6.94. The molecule has 0 spiro atoms. The number of nitrogens with one attached hydrogen (secondary N) is 1. The molecule has 90 valence electrons. The second kappa shape index (κ2) is 5.54. The maximum atomic E-state index is 13.4. The predicted molar refractivity (Wildman–Crippen MR) is 60.7 cm³/mol. The molecule has 0 aliphatic rings. The van der Waals surface area contributed by atoms with E-state index < -0.39 is 0 Å². The first-order chi connectivity index (χ1) is 8.25. The number of aromatic nitrogens is 2. The maximum absolute atomic E-state index is 13.4. The molecule has 0 amide bonds. The molecule has 0 aliphatic carbocycles. The first-order valence-electron chi connectivity index (χ1n) is 5.47. The van der Waals surface area contributed by atoms with Crippen molar-refractivity contribution in [3.05, 3.63) is 47.9 Å². The predicted octanol–water partition coefficient (Wildman–Crippen LogP) is 1.93. The molecule has 0 radical (unpaired) electrons. The summed E-state index contributed by atoms with van der Waals surface area (Å²) in [5, 5.41) is 6.90. The van der Waals surface area contributed by atoms with Crippen molar-refractivity contribution in [3.8, 4) is 0 Å². The van der Waals surface area contributed by atoms with Crippen LogP contribution < -0.4 is 5.32 Å². The van der Waals surface area contributed by atoms with E-state index in [1.165, 1.54) is 12.5 Å². The highest BCUT2D eigenvalue weighted by Crippen LogP contribution is 2.09. The third kappa shape index (κ3) is 3.35. The fourth-order valence-corrected chi connectivity index (χ4v) is 1.60. The largest absolute Gasteiger partial charge is 0.343 e. The van der Waals surface area contributed by atoms with Gasteiger partial charge >= 0.3 is 0 Å². The number of hydrogen-bond donors (Lipinski definition) is 1. The van der Waals surface area contributed by atoms with Crippen molar-refractivity contribution in [2.24, 2.45) is 0 Å². The Balaban J connectivity index is 1.85. The van der Waals surface area contributed by atoms with E-state index in [1.807, 2.05) is 13.0 Å². The van der Waals surface area contributed by atoms with Crippen LogP contribution in [0.4, 0.5) is 4.39 Å². The number of hydrogen-bond acceptors (Lipinski definition) is 4. The standard InChI is InChI=1S/C12H14FN3O/c1-9(14-7-12-15-8-17-16-12)6-10-4-2-3-5-11(10)13/h2-5,8-9,14H,6-7H2,1H3. The van der Waals surface area contributed by atoms with Crippen LogP contribution in [0.3, 0.4) is 0 Å². The minimum Gasteiger partial charge on any atom is -0.343 e. The zero-order chi connectivity index (χ0) is 12.1. The van der Waals surface area contributed by atoms with Gasteiger partial charge in [0.05, 0.1) is 6.54 Å². The van der Waals surface area contributed by atoms with Gasteiger partial charge in [-0.25, -0.2) is 4.39 Å². The second-order valence-electron chi connectivity index (χ2n) is 3.92. The zero-order valence-electron chi connectivity index (χ0n) is 9.56. The van der Waals surface area contributed by atoms with Crippen LogP contribution in [-0.2, 0) is 13.0 Å². The quantitative estimate of drug-likeness (QED) is 0.860. The van der Waals surface area contributed by atoms with Gasteiger partial charge in [-0.05, 0) is 25.0 Å². The van der Waals surface area contributed by atoms with E-state index in [4.69, 9.17) is 0 Å². The topological polar surface area (TPSA) is 51.0 Å². The minimum absolute atomic E-state index is 0.144. The lowest BCUT2D eigenvalue weighted by atomic mass is 10.1. The molecule has 5 heteroatoms. The lowest BCUT2D eigenvalue weighted by Gasteiger charge is -2.12. The molecule has 1 aromatic carbocycles. The second-order valence-corrected chi connectivity index (χ2v) is 3.92. The van der Waals surface area contributed by atoms with Crippen molar-refractivity contribution in [2.75, 3.05) is 0 Å². The average Bonchev–Trinajstić information content (AvgIpc) is 2.82. The molecule has 1 N–H and O–H groups in total. The van der Waals surface area contributed by atoms with Crippen LogP contribution in [0, 0.1) is 5.82 Å². The van der Waals surface area contributed by atoms with Crippen LogP contribution in [0.2, 0.25) is 0 Å². The van der Waals surface area contributed by atoms with Crippen molar-refractivity contribution in [3.63, 3.8) is 0 Å². The lowest BCUT2D eigenvalue weighted by molar-refractivity contribution is 0.404. The smallest absolute Gasteiger partial charge is 0.213 e. The van der Waals surface area contributed by atoms with Gasteiger partial charge in [-0.1, -0.05) is 23.4 Å². The third-order valence-corrected chi connectivity index (χ3v) is 2.50. The normalized spacial score (nSPS) is 12.6. The Hall–Kier alpha value is -1.75. The number of nitrogens with zero attached hydrogens (tertiary/aromatic N) is 2. The van der Waals surface area contributed by atoms with E-state index in [2.05, 4.69) is 20.0 Å². The Morgan fingerprint density at radius 1 is 1.41 bits per heavy atom. The molecule has 17 heavy (non-hydrogen) atoms. The van der Waals surface area contributed by atoms with Gasteiger partial charge in [-0.2, -0.15) is 4.98 Å². The molecule has 2 aromatic rings. The minimum atomic E-state index is -0.166. The van der Waals surface area contributed by atoms with Crippen LogP contribution in [-0.4, -0.2) is 16.2 Å². The van der Waals surface area contributed by atoms with Crippen LogP contribution in [0.25, 0.3) is 0 Å². The zero-order valence-corrected chi connectivity index (χ0v) is 9.56. The van der Waals surface area contributed by atoms with Crippen molar-refractivity contribution in [1.29, 1.82) is 0 Å². The summed E-state index contributed by atoms with van der Waals surface area (Å²) in [5.74, 6) is 0.436. The molecule has 0 bridgehead atoms. The van der Waals surface area contributed by atoms with E-state index in [1.54, 1.807) is 12.1 Å². The molecule has 1 unspecified atom stereocenters. The highest BCUT2D eigenvalue weighted by molar-refractivity contribution is 5.18. The van der Waals surface area contributed by atoms with Crippen LogP contribution in [0.1, 0.15) is 18.3 Å². The van der Waals surface area contributed by atoms with Gasteiger partial charge in [0.1, 0.15) is 5.82 Å². The highest BCUT2D eigenvalue weighted by Gasteiger charge is 2.08. The summed E-state index contributed by atoms with van der Waals surface area (Å²) in [5.41, 5.74) is 0.709. The molecule has 0 fully saturated rings. The Morgan fingerprint density at radius 2 is 2.24 bits per heavy atom. The summed E-state index contributed by atoms with van der Waals surface area (Å²) < 4.78 is 18.0. The molecule has 1 aromatic heterocycles. The molecule has 1 heterocycles. The summed E-state index contributed by atoms with van der Waals surface area (Å²) >= 11 is 0. The summed E-state index contributed by atoms with van der Waals surface area (Å²) in [6.45, 7) is 2.51. The molecule has 1 atom stereocenters. The van der Waals surface area contributed by atoms with E-state index >= 15 is 0 Å². The Labute approximate surface area is 98.8 Å². The monoisotopic (exact) mass is 235 g/mol. The lowest BCUT2D eigenvalue weighted by Crippen LogP contribution is -2.28. The van der Waals surface area contributed by atoms with Crippen molar-refractivity contribution < 1.29 is 8.91 Å². The van der Waals surface area contributed by atoms with Gasteiger partial charge in [0, 0.05) is 6.04 Å². The van der Waals surface area contributed by atoms with Crippen LogP contribution in [0.5, 0.6) is 0 Å². The van der Waals surface area contributed by atoms with Gasteiger partial charge in [0.15, 0.2) is 5.82 Å². The molecule has 2 rings (SSSR count). The fraction of sp³-hybridized carbons (Fsp3) is 0.333. The van der Waals surface area contributed by atoms with Crippen molar-refractivity contribution in [2.45, 2.75) is 25.9 Å². The van der Waals surface area contributed by atoms with Crippen molar-refractivity contribution >= 4 is 0 Å². The summed E-state index contributed by atoms with van der Waals surface area (Å²) in [6.07, 6.45) is 1.92. The summed E-state index contributed by atoms with van der Waals surface area (Å²) in [4.78, 5) is 3.90. The molecule has 0 saturated carbocycles. The number of rotatable bonds is 5. The fourth-order valence-electron chi connectivity index (χ4n) is 1.60. The van der Waals surface area contributed by atoms with E-state index in [-0.39, 0.29) is 11.9 Å². The van der Waals surface area contributed by atoms with Crippen LogP contribution >= 0.6 is 0 Å². The Kier molecular flexibility index (Phi) is 3.82. The number of benzene rings is 1. The average molecular weight is 235 g/mol. The molecular weight excluding hydrogens is 221 g/mol. The van der Waals surface area contributed by atoms with E-state index in [0.29, 0.717) is 24.4 Å². The van der Waals surface area contributed by atoms with Gasteiger partial charge in [0.25, 0.3) is 0 Å². The van der Waals surface area contributed by atoms with Crippen molar-refractivity contribution in [1.82, 2.24) is 15.5 Å². The maximum Gasteiger partial charge on any atom is 0.213 e. The number of halogens is 1. The Morgan fingerprint density at radius 3 is 2.94 bits per heavy atom. The molecule has 4 nitrogen and oxygen atoms in total. The van der Waals surface area contributed by atoms with Crippen LogP contribution in [0.15, 0.2) is 35.2 Å². The van der Waals surface area contributed by atoms with E-state index in [0.717, 1.165) is 0 Å². The highest BCUT2D eigenvalue weighted by atomic mass is 19.1. The first-order valence-corrected chi connectivity index (χ1v) is 5.47. The van der Waals surface area contributed by atoms with Gasteiger partial charge in [0.2, 0.25) is 6.39 Å². The van der Waals surface area contributed by atoms with Gasteiger partial charge < -0.3 is 9.84 Å². The van der Waals surface area contributed by atoms with Gasteiger partial charge in [-0.15, -0.1) is 0 Å². The Bertz CT molecular complexity index is 459. The first kappa shape index (κ1) is 11.7. The van der Waals surface area contributed by atoms with Gasteiger partial charge in [-0.3, -0.25) is 0 Å².